The van der Waals surface area contributed by atoms with E-state index in [9.17, 15) is 4.79 Å². The van der Waals surface area contributed by atoms with Gasteiger partial charge in [0, 0.05) is 24.7 Å². The highest BCUT2D eigenvalue weighted by Crippen LogP contribution is 2.28. The maximum absolute atomic E-state index is 12.5. The number of anilines is 1. The maximum Gasteiger partial charge on any atom is 0.270 e. The first-order chi connectivity index (χ1) is 12.5. The van der Waals surface area contributed by atoms with E-state index in [-0.39, 0.29) is 5.91 Å². The summed E-state index contributed by atoms with van der Waals surface area (Å²) >= 11 is 1.46. The molecule has 0 aliphatic carbocycles. The second kappa shape index (κ2) is 6.53. The van der Waals surface area contributed by atoms with Gasteiger partial charge in [0.25, 0.3) is 5.91 Å². The zero-order valence-electron chi connectivity index (χ0n) is 14.8. The Morgan fingerprint density at radius 3 is 3.00 bits per heavy atom. The molecule has 0 fully saturated rings. The van der Waals surface area contributed by atoms with Crippen LogP contribution in [0.15, 0.2) is 29.6 Å². The van der Waals surface area contributed by atoms with Crippen molar-refractivity contribution in [2.45, 2.75) is 39.8 Å². The standard InChI is InChI=1S/C18H19N5O2S/c1-4-23-9-12(11(3)21-23)13-8-14(25-22-13)17(24)20-18-19-16-10(2)6-5-7-15(16)26-18/h5-7,9,14H,4,8H2,1-3H3,(H,19,20,24). The molecule has 0 saturated carbocycles. The monoisotopic (exact) mass is 369 g/mol. The third kappa shape index (κ3) is 2.96. The third-order valence-corrected chi connectivity index (χ3v) is 5.33. The largest absolute Gasteiger partial charge is 0.382 e. The van der Waals surface area contributed by atoms with E-state index in [4.69, 9.17) is 4.84 Å². The van der Waals surface area contributed by atoms with Crippen LogP contribution in [0.4, 0.5) is 5.13 Å². The average molecular weight is 369 g/mol. The van der Waals surface area contributed by atoms with E-state index in [0.717, 1.165) is 39.3 Å². The molecule has 8 heteroatoms. The topological polar surface area (TPSA) is 81.4 Å². The maximum atomic E-state index is 12.5. The van der Waals surface area contributed by atoms with Crippen LogP contribution in [0.25, 0.3) is 10.2 Å². The van der Waals surface area contributed by atoms with Gasteiger partial charge in [-0.3, -0.25) is 14.8 Å². The number of nitrogens with one attached hydrogen (secondary N) is 1. The Bertz CT molecular complexity index is 1020. The van der Waals surface area contributed by atoms with Crippen molar-refractivity contribution < 1.29 is 9.63 Å². The smallest absolute Gasteiger partial charge is 0.270 e. The highest BCUT2D eigenvalue weighted by Gasteiger charge is 2.31. The number of oxime groups is 1. The quantitative estimate of drug-likeness (QED) is 0.765. The van der Waals surface area contributed by atoms with Crippen LogP contribution in [0, 0.1) is 13.8 Å². The molecule has 0 spiro atoms. The summed E-state index contributed by atoms with van der Waals surface area (Å²) in [5.41, 5.74) is 4.57. The average Bonchev–Trinajstić information content (AvgIpc) is 3.32. The van der Waals surface area contributed by atoms with E-state index in [1.165, 1.54) is 11.3 Å². The first-order valence-corrected chi connectivity index (χ1v) is 9.31. The molecule has 3 aromatic rings. The summed E-state index contributed by atoms with van der Waals surface area (Å²) in [4.78, 5) is 22.4. The van der Waals surface area contributed by atoms with Gasteiger partial charge in [-0.05, 0) is 32.4 Å². The van der Waals surface area contributed by atoms with Crippen LogP contribution < -0.4 is 5.32 Å². The number of hydrogen-bond acceptors (Lipinski definition) is 6. The second-order valence-corrected chi connectivity index (χ2v) is 7.28. The number of carbonyl (C=O) groups is 1. The van der Waals surface area contributed by atoms with E-state index in [1.54, 1.807) is 0 Å². The molecule has 1 unspecified atom stereocenters. The molecule has 3 heterocycles. The number of carbonyl (C=O) groups excluding carboxylic acids is 1. The van der Waals surface area contributed by atoms with Gasteiger partial charge in [-0.2, -0.15) is 5.10 Å². The summed E-state index contributed by atoms with van der Waals surface area (Å²) < 4.78 is 2.90. The molecule has 26 heavy (non-hydrogen) atoms. The minimum atomic E-state index is -0.650. The summed E-state index contributed by atoms with van der Waals surface area (Å²) in [5.74, 6) is -0.235. The number of para-hydroxylation sites is 1. The Hall–Kier alpha value is -2.74. The summed E-state index contributed by atoms with van der Waals surface area (Å²) in [7, 11) is 0. The minimum absolute atomic E-state index is 0.235. The Balaban J connectivity index is 1.46. The van der Waals surface area contributed by atoms with Crippen LogP contribution in [0.3, 0.4) is 0 Å². The molecule has 134 valence electrons. The number of amides is 1. The Labute approximate surface area is 154 Å². The fourth-order valence-electron chi connectivity index (χ4n) is 2.97. The molecule has 1 aliphatic heterocycles. The molecule has 0 saturated heterocycles. The highest BCUT2D eigenvalue weighted by atomic mass is 32.1. The number of nitrogens with zero attached hydrogens (tertiary/aromatic N) is 4. The van der Waals surface area contributed by atoms with Crippen LogP contribution in [0.1, 0.15) is 30.2 Å². The van der Waals surface area contributed by atoms with E-state index in [0.29, 0.717) is 11.6 Å². The zero-order valence-corrected chi connectivity index (χ0v) is 15.6. The van der Waals surface area contributed by atoms with Gasteiger partial charge in [-0.15, -0.1) is 0 Å². The summed E-state index contributed by atoms with van der Waals surface area (Å²) in [6, 6.07) is 5.99. The normalized spacial score (nSPS) is 16.6. The van der Waals surface area contributed by atoms with E-state index in [1.807, 2.05) is 49.8 Å². The molecule has 7 nitrogen and oxygen atoms in total. The number of fused-ring (bicyclic) bond motifs is 1. The molecule has 1 aliphatic rings. The lowest BCUT2D eigenvalue weighted by atomic mass is 10.1. The fourth-order valence-corrected chi connectivity index (χ4v) is 3.91. The van der Waals surface area contributed by atoms with Gasteiger partial charge >= 0.3 is 0 Å². The third-order valence-electron chi connectivity index (χ3n) is 4.39. The van der Waals surface area contributed by atoms with Gasteiger partial charge in [0.2, 0.25) is 6.10 Å². The molecule has 4 rings (SSSR count). The van der Waals surface area contributed by atoms with Crippen LogP contribution in [0.2, 0.25) is 0 Å². The minimum Gasteiger partial charge on any atom is -0.382 e. The molecule has 1 aromatic carbocycles. The van der Waals surface area contributed by atoms with Gasteiger partial charge in [-0.25, -0.2) is 4.98 Å². The van der Waals surface area contributed by atoms with Crippen molar-refractivity contribution in [1.29, 1.82) is 0 Å². The van der Waals surface area contributed by atoms with Crippen molar-refractivity contribution in [2.75, 3.05) is 5.32 Å². The lowest BCUT2D eigenvalue weighted by Gasteiger charge is -2.06. The first kappa shape index (κ1) is 16.7. The molecule has 1 amide bonds. The molecule has 1 atom stereocenters. The van der Waals surface area contributed by atoms with Gasteiger partial charge in [-0.1, -0.05) is 28.6 Å². The number of rotatable bonds is 4. The van der Waals surface area contributed by atoms with Gasteiger partial charge in [0.05, 0.1) is 21.6 Å². The van der Waals surface area contributed by atoms with Gasteiger partial charge in [0.15, 0.2) is 5.13 Å². The molecule has 0 radical (unpaired) electrons. The first-order valence-electron chi connectivity index (χ1n) is 8.49. The van der Waals surface area contributed by atoms with Crippen LogP contribution in [-0.2, 0) is 16.2 Å². The van der Waals surface area contributed by atoms with E-state index >= 15 is 0 Å². The Morgan fingerprint density at radius 1 is 1.42 bits per heavy atom. The molecule has 2 aromatic heterocycles. The van der Waals surface area contributed by atoms with E-state index < -0.39 is 6.10 Å². The van der Waals surface area contributed by atoms with Gasteiger partial charge < -0.3 is 4.84 Å². The van der Waals surface area contributed by atoms with Crippen molar-refractivity contribution in [3.05, 3.63) is 41.2 Å². The van der Waals surface area contributed by atoms with Crippen molar-refractivity contribution in [1.82, 2.24) is 14.8 Å². The van der Waals surface area contributed by atoms with Crippen LogP contribution in [-0.4, -0.2) is 32.5 Å². The summed E-state index contributed by atoms with van der Waals surface area (Å²) in [6.07, 6.45) is 1.71. The van der Waals surface area contributed by atoms with E-state index in [2.05, 4.69) is 20.6 Å². The molecular formula is C18H19N5O2S. The van der Waals surface area contributed by atoms with Gasteiger partial charge in [0.1, 0.15) is 0 Å². The Kier molecular flexibility index (Phi) is 4.20. The summed E-state index contributed by atoms with van der Waals surface area (Å²) in [5, 5.41) is 11.9. The molecular weight excluding hydrogens is 350 g/mol. The zero-order chi connectivity index (χ0) is 18.3. The number of thiazole rings is 1. The predicted octanol–water partition coefficient (Wildman–Crippen LogP) is 3.26. The lowest BCUT2D eigenvalue weighted by molar-refractivity contribution is -0.125. The number of benzene rings is 1. The van der Waals surface area contributed by atoms with Crippen LogP contribution >= 0.6 is 11.3 Å². The number of aromatic nitrogens is 3. The Morgan fingerprint density at radius 2 is 2.27 bits per heavy atom. The van der Waals surface area contributed by atoms with Crippen molar-refractivity contribution in [2.24, 2.45) is 5.16 Å². The van der Waals surface area contributed by atoms with Crippen molar-refractivity contribution >= 4 is 38.3 Å². The van der Waals surface area contributed by atoms with Crippen molar-refractivity contribution in [3.63, 3.8) is 0 Å². The van der Waals surface area contributed by atoms with Crippen LogP contribution in [0.5, 0.6) is 0 Å². The second-order valence-electron chi connectivity index (χ2n) is 6.25. The number of aryl methyl sites for hydroxylation is 3. The summed E-state index contributed by atoms with van der Waals surface area (Å²) in [6.45, 7) is 6.75. The number of hydrogen-bond donors (Lipinski definition) is 1. The highest BCUT2D eigenvalue weighted by molar-refractivity contribution is 7.22. The predicted molar refractivity (Wildman–Crippen MR) is 102 cm³/mol. The fraction of sp³-hybridized carbons (Fsp3) is 0.333. The molecule has 1 N–H and O–H groups in total. The molecule has 0 bridgehead atoms. The SMILES string of the molecule is CCn1cc(C2=NOC(C(=O)Nc3nc4c(C)cccc4s3)C2)c(C)n1. The lowest BCUT2D eigenvalue weighted by Crippen LogP contribution is -2.28. The van der Waals surface area contributed by atoms with Crippen molar-refractivity contribution in [3.8, 4) is 0 Å².